The van der Waals surface area contributed by atoms with Gasteiger partial charge in [0.1, 0.15) is 11.3 Å². The van der Waals surface area contributed by atoms with Gasteiger partial charge in [0, 0.05) is 0 Å². The zero-order chi connectivity index (χ0) is 15.6. The molecule has 0 aliphatic carbocycles. The van der Waals surface area contributed by atoms with Crippen molar-refractivity contribution in [3.8, 4) is 5.75 Å². The van der Waals surface area contributed by atoms with Gasteiger partial charge in [-0.3, -0.25) is 4.55 Å². The average molecular weight is 326 g/mol. The van der Waals surface area contributed by atoms with Gasteiger partial charge in [-0.05, 0) is 18.2 Å². The highest BCUT2D eigenvalue weighted by molar-refractivity contribution is 7.91. The molecule has 0 bridgehead atoms. The van der Waals surface area contributed by atoms with Gasteiger partial charge in [-0.1, -0.05) is 0 Å². The Bertz CT molecular complexity index is 718. The summed E-state index contributed by atoms with van der Waals surface area (Å²) in [5.74, 6) is -2.92. The minimum atomic E-state index is -4.76. The molecular formula is C9H10O9S2. The number of carbonyl (C=O) groups is 1. The Balaban J connectivity index is 2.99. The van der Waals surface area contributed by atoms with Crippen LogP contribution in [0.4, 0.5) is 0 Å². The Morgan fingerprint density at radius 2 is 1.80 bits per heavy atom. The number of carboxylic acids is 1. The summed E-state index contributed by atoms with van der Waals surface area (Å²) in [5.41, 5.74) is -0.609. The third kappa shape index (κ3) is 4.45. The zero-order valence-corrected chi connectivity index (χ0v) is 11.4. The summed E-state index contributed by atoms with van der Waals surface area (Å²) < 4.78 is 56.2. The molecular weight excluding hydrogens is 316 g/mol. The van der Waals surface area contributed by atoms with Crippen LogP contribution < -0.4 is 0 Å². The third-order valence-corrected chi connectivity index (χ3v) is 4.28. The third-order valence-electron chi connectivity index (χ3n) is 2.14. The van der Waals surface area contributed by atoms with E-state index in [0.29, 0.717) is 0 Å². The highest BCUT2D eigenvalue weighted by Crippen LogP contribution is 2.22. The minimum absolute atomic E-state index is 0.424. The number of hydrogen-bond acceptors (Lipinski definition) is 7. The van der Waals surface area contributed by atoms with Crippen LogP contribution in [0.1, 0.15) is 10.4 Å². The molecule has 0 spiro atoms. The van der Waals surface area contributed by atoms with Gasteiger partial charge < -0.3 is 10.2 Å². The van der Waals surface area contributed by atoms with Crippen molar-refractivity contribution in [2.45, 2.75) is 4.90 Å². The molecule has 0 aromatic heterocycles. The van der Waals surface area contributed by atoms with Gasteiger partial charge in [0.05, 0.1) is 17.3 Å². The van der Waals surface area contributed by atoms with Gasteiger partial charge >= 0.3 is 16.4 Å². The Morgan fingerprint density at radius 3 is 2.30 bits per heavy atom. The van der Waals surface area contributed by atoms with Gasteiger partial charge in [0.25, 0.3) is 0 Å². The zero-order valence-electron chi connectivity index (χ0n) is 9.75. The molecule has 0 aliphatic rings. The molecule has 0 amide bonds. The number of hydrogen-bond donors (Lipinski definition) is 3. The van der Waals surface area contributed by atoms with Crippen LogP contribution in [0.25, 0.3) is 0 Å². The second kappa shape index (κ2) is 5.75. The molecule has 3 N–H and O–H groups in total. The van der Waals surface area contributed by atoms with Crippen LogP contribution in [0.5, 0.6) is 5.75 Å². The predicted octanol–water partition coefficient (Wildman–Crippen LogP) is -0.316. The number of carboxylic acid groups (broad SMARTS) is 1. The molecule has 1 aromatic rings. The first kappa shape index (κ1) is 16.4. The van der Waals surface area contributed by atoms with E-state index in [1.807, 2.05) is 0 Å². The van der Waals surface area contributed by atoms with Crippen molar-refractivity contribution in [3.63, 3.8) is 0 Å². The summed E-state index contributed by atoms with van der Waals surface area (Å²) >= 11 is 0. The largest absolute Gasteiger partial charge is 0.507 e. The lowest BCUT2D eigenvalue weighted by atomic mass is 10.2. The van der Waals surface area contributed by atoms with Crippen LogP contribution in [0.15, 0.2) is 23.1 Å². The Morgan fingerprint density at radius 1 is 1.20 bits per heavy atom. The topological polar surface area (TPSA) is 155 Å². The van der Waals surface area contributed by atoms with Crippen LogP contribution in [0.2, 0.25) is 0 Å². The number of rotatable bonds is 6. The molecule has 112 valence electrons. The normalized spacial score (nSPS) is 12.2. The monoisotopic (exact) mass is 326 g/mol. The quantitative estimate of drug-likeness (QED) is 0.596. The molecule has 11 heteroatoms. The maximum atomic E-state index is 11.8. The highest BCUT2D eigenvalue weighted by atomic mass is 32.3. The Kier molecular flexibility index (Phi) is 4.70. The van der Waals surface area contributed by atoms with E-state index >= 15 is 0 Å². The molecule has 20 heavy (non-hydrogen) atoms. The van der Waals surface area contributed by atoms with Crippen molar-refractivity contribution >= 4 is 26.2 Å². The second-order valence-corrected chi connectivity index (χ2v) is 6.75. The predicted molar refractivity (Wildman–Crippen MR) is 64.6 cm³/mol. The molecule has 0 saturated carbocycles. The van der Waals surface area contributed by atoms with E-state index in [2.05, 4.69) is 4.18 Å². The van der Waals surface area contributed by atoms with Crippen molar-refractivity contribution in [1.82, 2.24) is 0 Å². The van der Waals surface area contributed by atoms with E-state index in [-0.39, 0.29) is 0 Å². The van der Waals surface area contributed by atoms with Crippen LogP contribution in [-0.4, -0.2) is 49.9 Å². The summed E-state index contributed by atoms with van der Waals surface area (Å²) in [6.45, 7) is -0.829. The summed E-state index contributed by atoms with van der Waals surface area (Å²) in [4.78, 5) is 10.3. The standard InChI is InChI=1S/C9H10O9S2/c10-8-2-1-6(5-7(8)9(11)12)19(13,14)4-3-18-20(15,16)17/h1-2,5,10H,3-4H2,(H,11,12)(H,15,16,17). The van der Waals surface area contributed by atoms with Gasteiger partial charge in [0.2, 0.25) is 0 Å². The second-order valence-electron chi connectivity index (χ2n) is 3.55. The first-order valence-electron chi connectivity index (χ1n) is 4.94. The van der Waals surface area contributed by atoms with Crippen LogP contribution in [0, 0.1) is 0 Å². The summed E-state index contributed by atoms with van der Waals surface area (Å²) in [7, 11) is -8.79. The number of benzene rings is 1. The highest BCUT2D eigenvalue weighted by Gasteiger charge is 2.20. The van der Waals surface area contributed by atoms with Crippen LogP contribution in [-0.2, 0) is 24.4 Å². The fraction of sp³-hybridized carbons (Fsp3) is 0.222. The summed E-state index contributed by atoms with van der Waals surface area (Å²) in [6.07, 6.45) is 0. The molecule has 0 heterocycles. The molecule has 1 aromatic carbocycles. The fourth-order valence-electron chi connectivity index (χ4n) is 1.25. The first-order valence-corrected chi connectivity index (χ1v) is 7.95. The average Bonchev–Trinajstić information content (AvgIpc) is 2.26. The number of phenols is 1. The first-order chi connectivity index (χ1) is 9.03. The van der Waals surface area contributed by atoms with E-state index in [1.54, 1.807) is 0 Å². The number of aromatic carboxylic acids is 1. The summed E-state index contributed by atoms with van der Waals surface area (Å²) in [6, 6.07) is 2.59. The lowest BCUT2D eigenvalue weighted by Crippen LogP contribution is -2.16. The minimum Gasteiger partial charge on any atom is -0.507 e. The molecule has 1 rings (SSSR count). The van der Waals surface area contributed by atoms with Crippen molar-refractivity contribution in [1.29, 1.82) is 0 Å². The number of sulfone groups is 1. The molecule has 0 unspecified atom stereocenters. The van der Waals surface area contributed by atoms with E-state index in [0.717, 1.165) is 18.2 Å². The smallest absolute Gasteiger partial charge is 0.397 e. The fourth-order valence-corrected chi connectivity index (χ4v) is 2.76. The van der Waals surface area contributed by atoms with E-state index in [4.69, 9.17) is 9.66 Å². The molecule has 9 nitrogen and oxygen atoms in total. The van der Waals surface area contributed by atoms with Crippen LogP contribution in [0.3, 0.4) is 0 Å². The van der Waals surface area contributed by atoms with Gasteiger partial charge in [-0.25, -0.2) is 17.4 Å². The van der Waals surface area contributed by atoms with Gasteiger partial charge in [-0.2, -0.15) is 8.42 Å². The maximum Gasteiger partial charge on any atom is 0.397 e. The Labute approximate surface area is 114 Å². The maximum absolute atomic E-state index is 11.8. The van der Waals surface area contributed by atoms with E-state index < -0.39 is 54.8 Å². The van der Waals surface area contributed by atoms with Crippen molar-refractivity contribution in [2.24, 2.45) is 0 Å². The summed E-state index contributed by atoms with van der Waals surface area (Å²) in [5, 5.41) is 18.0. The molecule has 0 saturated heterocycles. The Hall–Kier alpha value is -1.69. The van der Waals surface area contributed by atoms with Gasteiger partial charge in [0.15, 0.2) is 9.84 Å². The molecule has 0 atom stereocenters. The molecule has 0 aliphatic heterocycles. The van der Waals surface area contributed by atoms with Gasteiger partial charge in [-0.15, -0.1) is 0 Å². The van der Waals surface area contributed by atoms with Crippen molar-refractivity contribution in [2.75, 3.05) is 12.4 Å². The van der Waals surface area contributed by atoms with Crippen molar-refractivity contribution in [3.05, 3.63) is 23.8 Å². The molecule has 0 radical (unpaired) electrons. The SMILES string of the molecule is O=C(O)c1cc(S(=O)(=O)CCOS(=O)(=O)O)ccc1O. The van der Waals surface area contributed by atoms with Crippen molar-refractivity contribution < 1.29 is 40.6 Å². The van der Waals surface area contributed by atoms with E-state index in [9.17, 15) is 26.7 Å². The lowest BCUT2D eigenvalue weighted by Gasteiger charge is -2.06. The van der Waals surface area contributed by atoms with E-state index in [1.165, 1.54) is 0 Å². The number of aromatic hydroxyl groups is 1. The lowest BCUT2D eigenvalue weighted by molar-refractivity contribution is 0.0693. The molecule has 0 fully saturated rings. The van der Waals surface area contributed by atoms with Crippen LogP contribution >= 0.6 is 0 Å².